The molecule has 1 aliphatic carbocycles. The summed E-state index contributed by atoms with van der Waals surface area (Å²) in [6.07, 6.45) is 7.11. The second-order valence-corrected chi connectivity index (χ2v) is 8.20. The minimum Gasteiger partial charge on any atom is -0.435 e. The molecule has 2 aromatic heterocycles. The number of carbonyl (C=O) groups is 1. The van der Waals surface area contributed by atoms with Crippen LogP contribution < -0.4 is 10.4 Å². The SMILES string of the molecule is Cn1c(=O)n(CC2CCC(C(=O)Cc3ccncc3)CC2)c2cc(OC(F)F)ccc21. The van der Waals surface area contributed by atoms with Crippen LogP contribution in [-0.2, 0) is 24.8 Å². The van der Waals surface area contributed by atoms with E-state index in [9.17, 15) is 18.4 Å². The first-order valence-electron chi connectivity index (χ1n) is 10.5. The van der Waals surface area contributed by atoms with Gasteiger partial charge in [-0.15, -0.1) is 0 Å². The predicted molar refractivity (Wildman–Crippen MR) is 112 cm³/mol. The Morgan fingerprint density at radius 2 is 1.84 bits per heavy atom. The number of halogens is 2. The third kappa shape index (κ3) is 4.68. The number of Topliss-reactive ketones (excluding diaryl/α,β-unsaturated/α-hetero) is 1. The predicted octanol–water partition coefficient (Wildman–Crippen LogP) is 3.95. The summed E-state index contributed by atoms with van der Waals surface area (Å²) in [7, 11) is 1.67. The molecule has 0 spiro atoms. The maximum Gasteiger partial charge on any atom is 0.387 e. The molecule has 1 saturated carbocycles. The average Bonchev–Trinajstić information content (AvgIpc) is 2.99. The van der Waals surface area contributed by atoms with Gasteiger partial charge in [-0.25, -0.2) is 4.79 Å². The standard InChI is InChI=1S/C23H25F2N3O3/c1-27-19-7-6-18(31-22(24)25)13-20(19)28(23(27)30)14-16-2-4-17(5-3-16)21(29)12-15-8-10-26-11-9-15/h6-11,13,16-17,22H,2-5,12,14H2,1H3. The smallest absolute Gasteiger partial charge is 0.387 e. The highest BCUT2D eigenvalue weighted by molar-refractivity contribution is 5.83. The number of pyridine rings is 1. The number of carbonyl (C=O) groups excluding carboxylic acids is 1. The van der Waals surface area contributed by atoms with Crippen LogP contribution in [-0.4, -0.2) is 26.5 Å². The van der Waals surface area contributed by atoms with Crippen molar-refractivity contribution in [2.75, 3.05) is 0 Å². The molecular weight excluding hydrogens is 404 g/mol. The van der Waals surface area contributed by atoms with E-state index in [1.165, 1.54) is 16.7 Å². The van der Waals surface area contributed by atoms with Crippen LogP contribution in [0.4, 0.5) is 8.78 Å². The average molecular weight is 429 g/mol. The Bertz CT molecular complexity index is 1120. The minimum absolute atomic E-state index is 0.0345. The van der Waals surface area contributed by atoms with Gasteiger partial charge in [-0.1, -0.05) is 0 Å². The fraction of sp³-hybridized carbons (Fsp3) is 0.435. The van der Waals surface area contributed by atoms with Gasteiger partial charge in [0.05, 0.1) is 11.0 Å². The van der Waals surface area contributed by atoms with Crippen LogP contribution >= 0.6 is 0 Å². The van der Waals surface area contributed by atoms with Crippen molar-refractivity contribution < 1.29 is 18.3 Å². The summed E-state index contributed by atoms with van der Waals surface area (Å²) < 4.78 is 32.8. The number of nitrogens with zero attached hydrogens (tertiary/aromatic N) is 3. The Balaban J connectivity index is 1.44. The maximum atomic E-state index is 12.7. The van der Waals surface area contributed by atoms with Crippen molar-refractivity contribution in [2.45, 2.75) is 45.3 Å². The highest BCUT2D eigenvalue weighted by Crippen LogP contribution is 2.32. The van der Waals surface area contributed by atoms with Crippen LogP contribution in [0.3, 0.4) is 0 Å². The molecule has 1 aliphatic rings. The first-order chi connectivity index (χ1) is 14.9. The Morgan fingerprint density at radius 1 is 1.13 bits per heavy atom. The Hall–Kier alpha value is -3.03. The quantitative estimate of drug-likeness (QED) is 0.570. The molecule has 3 aromatic rings. The summed E-state index contributed by atoms with van der Waals surface area (Å²) in [6.45, 7) is -2.42. The molecule has 0 amide bonds. The monoisotopic (exact) mass is 429 g/mol. The maximum absolute atomic E-state index is 12.7. The first-order valence-corrected chi connectivity index (χ1v) is 10.5. The molecular formula is C23H25F2N3O3. The molecule has 1 fully saturated rings. The van der Waals surface area contributed by atoms with Crippen molar-refractivity contribution in [2.24, 2.45) is 18.9 Å². The van der Waals surface area contributed by atoms with Crippen molar-refractivity contribution in [3.63, 3.8) is 0 Å². The zero-order chi connectivity index (χ0) is 22.0. The fourth-order valence-corrected chi connectivity index (χ4v) is 4.51. The van der Waals surface area contributed by atoms with Gasteiger partial charge in [0.2, 0.25) is 0 Å². The molecule has 31 heavy (non-hydrogen) atoms. The van der Waals surface area contributed by atoms with Crippen LogP contribution in [0, 0.1) is 11.8 Å². The normalized spacial score (nSPS) is 19.1. The zero-order valence-corrected chi connectivity index (χ0v) is 17.3. The number of aryl methyl sites for hydroxylation is 1. The number of fused-ring (bicyclic) bond motifs is 1. The van der Waals surface area contributed by atoms with Gasteiger partial charge in [0, 0.05) is 44.4 Å². The lowest BCUT2D eigenvalue weighted by Crippen LogP contribution is -2.29. The zero-order valence-electron chi connectivity index (χ0n) is 17.3. The molecule has 0 atom stereocenters. The third-order valence-corrected chi connectivity index (χ3v) is 6.21. The summed E-state index contributed by atoms with van der Waals surface area (Å²) in [5.74, 6) is 0.584. The second-order valence-electron chi connectivity index (χ2n) is 8.20. The summed E-state index contributed by atoms with van der Waals surface area (Å²) in [5, 5.41) is 0. The molecule has 0 aliphatic heterocycles. The number of hydrogen-bond acceptors (Lipinski definition) is 4. The van der Waals surface area contributed by atoms with E-state index in [2.05, 4.69) is 9.72 Å². The van der Waals surface area contributed by atoms with E-state index in [4.69, 9.17) is 0 Å². The molecule has 4 rings (SSSR count). The molecule has 2 heterocycles. The number of benzene rings is 1. The molecule has 0 bridgehead atoms. The Labute approximate surface area is 178 Å². The number of aromatic nitrogens is 3. The molecule has 0 N–H and O–H groups in total. The Morgan fingerprint density at radius 3 is 2.52 bits per heavy atom. The van der Waals surface area contributed by atoms with Gasteiger partial charge in [0.25, 0.3) is 0 Å². The largest absolute Gasteiger partial charge is 0.435 e. The van der Waals surface area contributed by atoms with E-state index in [0.29, 0.717) is 24.0 Å². The van der Waals surface area contributed by atoms with Gasteiger partial charge < -0.3 is 4.74 Å². The number of hydrogen-bond donors (Lipinski definition) is 0. The second kappa shape index (κ2) is 8.99. The lowest BCUT2D eigenvalue weighted by molar-refractivity contribution is -0.123. The molecule has 6 nitrogen and oxygen atoms in total. The van der Waals surface area contributed by atoms with Crippen LogP contribution in [0.5, 0.6) is 5.75 Å². The fourth-order valence-electron chi connectivity index (χ4n) is 4.51. The van der Waals surface area contributed by atoms with Gasteiger partial charge >= 0.3 is 12.3 Å². The van der Waals surface area contributed by atoms with E-state index in [1.807, 2.05) is 12.1 Å². The topological polar surface area (TPSA) is 66.1 Å². The van der Waals surface area contributed by atoms with Crippen molar-refractivity contribution in [1.29, 1.82) is 0 Å². The van der Waals surface area contributed by atoms with E-state index in [1.54, 1.807) is 30.1 Å². The van der Waals surface area contributed by atoms with Gasteiger partial charge in [-0.05, 0) is 61.4 Å². The number of ether oxygens (including phenoxy) is 1. The van der Waals surface area contributed by atoms with E-state index >= 15 is 0 Å². The van der Waals surface area contributed by atoms with Crippen molar-refractivity contribution >= 4 is 16.8 Å². The number of alkyl halides is 2. The minimum atomic E-state index is -2.92. The number of imidazole rings is 1. The third-order valence-electron chi connectivity index (χ3n) is 6.21. The number of rotatable bonds is 7. The molecule has 0 radical (unpaired) electrons. The molecule has 8 heteroatoms. The lowest BCUT2D eigenvalue weighted by Gasteiger charge is -2.28. The van der Waals surface area contributed by atoms with Gasteiger partial charge in [-0.2, -0.15) is 8.78 Å². The van der Waals surface area contributed by atoms with Crippen molar-refractivity contribution in [3.8, 4) is 5.75 Å². The highest BCUT2D eigenvalue weighted by Gasteiger charge is 2.27. The number of ketones is 1. The van der Waals surface area contributed by atoms with Crippen LogP contribution in [0.25, 0.3) is 11.0 Å². The summed E-state index contributed by atoms with van der Waals surface area (Å²) in [4.78, 5) is 29.4. The summed E-state index contributed by atoms with van der Waals surface area (Å²) in [5.41, 5.74) is 2.06. The van der Waals surface area contributed by atoms with Gasteiger partial charge in [0.15, 0.2) is 0 Å². The van der Waals surface area contributed by atoms with Crippen LogP contribution in [0.2, 0.25) is 0 Å². The van der Waals surface area contributed by atoms with Crippen LogP contribution in [0.15, 0.2) is 47.5 Å². The summed E-state index contributed by atoms with van der Waals surface area (Å²) >= 11 is 0. The summed E-state index contributed by atoms with van der Waals surface area (Å²) in [6, 6.07) is 8.29. The van der Waals surface area contributed by atoms with Crippen molar-refractivity contribution in [3.05, 3.63) is 58.8 Å². The Kier molecular flexibility index (Phi) is 6.15. The molecule has 1 aromatic carbocycles. The van der Waals surface area contributed by atoms with E-state index < -0.39 is 6.61 Å². The molecule has 0 unspecified atom stereocenters. The molecule has 164 valence electrons. The van der Waals surface area contributed by atoms with E-state index in [-0.39, 0.29) is 29.1 Å². The molecule has 0 saturated heterocycles. The van der Waals surface area contributed by atoms with Gasteiger partial charge in [0.1, 0.15) is 11.5 Å². The lowest BCUT2D eigenvalue weighted by atomic mass is 9.79. The van der Waals surface area contributed by atoms with Crippen LogP contribution in [0.1, 0.15) is 31.2 Å². The van der Waals surface area contributed by atoms with Gasteiger partial charge in [-0.3, -0.25) is 18.9 Å². The first kappa shape index (κ1) is 21.2. The van der Waals surface area contributed by atoms with E-state index in [0.717, 1.165) is 31.2 Å². The van der Waals surface area contributed by atoms with Crippen molar-refractivity contribution in [1.82, 2.24) is 14.1 Å². The highest BCUT2D eigenvalue weighted by atomic mass is 19.3.